The summed E-state index contributed by atoms with van der Waals surface area (Å²) in [5.74, 6) is 0.0118. The fourth-order valence-electron chi connectivity index (χ4n) is 1.30. The highest BCUT2D eigenvalue weighted by molar-refractivity contribution is 5.90. The van der Waals surface area contributed by atoms with Crippen LogP contribution in [0.25, 0.3) is 0 Å². The molecule has 0 fully saturated rings. The van der Waals surface area contributed by atoms with Gasteiger partial charge in [-0.2, -0.15) is 0 Å². The molecule has 1 aromatic rings. The van der Waals surface area contributed by atoms with E-state index in [0.29, 0.717) is 6.54 Å². The van der Waals surface area contributed by atoms with Gasteiger partial charge in [0, 0.05) is 18.8 Å². The number of anilines is 1. The molecule has 4 nitrogen and oxygen atoms in total. The van der Waals surface area contributed by atoms with E-state index < -0.39 is 6.03 Å². The molecule has 2 amide bonds. The summed E-state index contributed by atoms with van der Waals surface area (Å²) in [5, 5.41) is 8.93. The highest BCUT2D eigenvalue weighted by Gasteiger charge is 2.14. The summed E-state index contributed by atoms with van der Waals surface area (Å²) in [7, 11) is 0. The summed E-state index contributed by atoms with van der Waals surface area (Å²) in [6, 6.07) is 8.69. The maximum absolute atomic E-state index is 11.2. The average Bonchev–Trinajstić information content (AvgIpc) is 2.26. The molecule has 0 aliphatic carbocycles. The Labute approximate surface area is 89.3 Å². The molecule has 3 N–H and O–H groups in total. The monoisotopic (exact) mass is 208 g/mol. The minimum Gasteiger partial charge on any atom is -0.396 e. The summed E-state index contributed by atoms with van der Waals surface area (Å²) in [6.45, 7) is 2.32. The van der Waals surface area contributed by atoms with Crippen molar-refractivity contribution in [2.45, 2.75) is 6.92 Å². The Hall–Kier alpha value is -1.55. The van der Waals surface area contributed by atoms with Gasteiger partial charge in [-0.1, -0.05) is 25.1 Å². The maximum atomic E-state index is 11.2. The van der Waals surface area contributed by atoms with Crippen molar-refractivity contribution in [1.82, 2.24) is 0 Å². The van der Waals surface area contributed by atoms with Gasteiger partial charge in [-0.3, -0.25) is 4.90 Å². The summed E-state index contributed by atoms with van der Waals surface area (Å²) in [5.41, 5.74) is 6.03. The Bertz CT molecular complexity index is 314. The van der Waals surface area contributed by atoms with Crippen molar-refractivity contribution in [3.05, 3.63) is 30.3 Å². The molecule has 15 heavy (non-hydrogen) atoms. The Morgan fingerprint density at radius 3 is 2.53 bits per heavy atom. The molecular weight excluding hydrogens is 192 g/mol. The average molecular weight is 208 g/mol. The third-order valence-electron chi connectivity index (χ3n) is 2.14. The quantitative estimate of drug-likeness (QED) is 0.780. The predicted octanol–water partition coefficient (Wildman–Crippen LogP) is 1.20. The lowest BCUT2D eigenvalue weighted by atomic mass is 10.1. The molecule has 4 heteroatoms. The van der Waals surface area contributed by atoms with Crippen molar-refractivity contribution in [2.75, 3.05) is 18.1 Å². The Kier molecular flexibility index (Phi) is 4.12. The topological polar surface area (TPSA) is 66.6 Å². The van der Waals surface area contributed by atoms with E-state index in [1.807, 2.05) is 37.3 Å². The zero-order valence-corrected chi connectivity index (χ0v) is 8.76. The number of nitrogens with two attached hydrogens (primary N) is 1. The van der Waals surface area contributed by atoms with Crippen LogP contribution in [-0.4, -0.2) is 24.3 Å². The molecular formula is C11H16N2O2. The molecule has 0 aliphatic rings. The van der Waals surface area contributed by atoms with Gasteiger partial charge < -0.3 is 10.8 Å². The summed E-state index contributed by atoms with van der Waals surface area (Å²) < 4.78 is 0. The van der Waals surface area contributed by atoms with Crippen molar-refractivity contribution in [1.29, 1.82) is 0 Å². The number of amides is 2. The van der Waals surface area contributed by atoms with E-state index in [-0.39, 0.29) is 12.5 Å². The van der Waals surface area contributed by atoms with Crippen molar-refractivity contribution in [3.63, 3.8) is 0 Å². The molecule has 82 valence electrons. The smallest absolute Gasteiger partial charge is 0.319 e. The molecule has 0 heterocycles. The van der Waals surface area contributed by atoms with Gasteiger partial charge in [-0.15, -0.1) is 0 Å². The van der Waals surface area contributed by atoms with Crippen molar-refractivity contribution in [3.8, 4) is 0 Å². The minimum atomic E-state index is -0.499. The molecule has 0 saturated heterocycles. The number of carbonyl (C=O) groups is 1. The van der Waals surface area contributed by atoms with E-state index in [0.717, 1.165) is 5.69 Å². The molecule has 0 bridgehead atoms. The fraction of sp³-hybridized carbons (Fsp3) is 0.364. The molecule has 0 saturated carbocycles. The molecule has 1 unspecified atom stereocenters. The van der Waals surface area contributed by atoms with Crippen molar-refractivity contribution >= 4 is 11.7 Å². The van der Waals surface area contributed by atoms with Crippen LogP contribution in [0.3, 0.4) is 0 Å². The first-order chi connectivity index (χ1) is 7.15. The number of carbonyl (C=O) groups excluding carboxylic acids is 1. The lowest BCUT2D eigenvalue weighted by Gasteiger charge is -2.23. The Balaban J connectivity index is 2.80. The molecule has 0 aromatic heterocycles. The van der Waals surface area contributed by atoms with Crippen LogP contribution >= 0.6 is 0 Å². The molecule has 1 atom stereocenters. The van der Waals surface area contributed by atoms with E-state index in [1.54, 1.807) is 0 Å². The lowest BCUT2D eigenvalue weighted by Crippen LogP contribution is -2.39. The number of rotatable bonds is 4. The van der Waals surface area contributed by atoms with Gasteiger partial charge in [-0.05, 0) is 18.1 Å². The number of hydrogen-bond donors (Lipinski definition) is 2. The van der Waals surface area contributed by atoms with E-state index in [4.69, 9.17) is 10.8 Å². The van der Waals surface area contributed by atoms with Gasteiger partial charge in [0.1, 0.15) is 0 Å². The van der Waals surface area contributed by atoms with E-state index in [9.17, 15) is 4.79 Å². The molecule has 1 rings (SSSR count). The zero-order chi connectivity index (χ0) is 11.3. The third kappa shape index (κ3) is 3.25. The third-order valence-corrected chi connectivity index (χ3v) is 2.14. The number of primary amides is 1. The number of para-hydroxylation sites is 1. The predicted molar refractivity (Wildman–Crippen MR) is 59.6 cm³/mol. The highest BCUT2D eigenvalue weighted by Crippen LogP contribution is 2.14. The van der Waals surface area contributed by atoms with Gasteiger partial charge in [0.25, 0.3) is 0 Å². The number of benzene rings is 1. The SMILES string of the molecule is CC(CO)CN(C(N)=O)c1ccccc1. The number of hydrogen-bond acceptors (Lipinski definition) is 2. The molecule has 1 aromatic carbocycles. The van der Waals surface area contributed by atoms with Crippen LogP contribution in [0.1, 0.15) is 6.92 Å². The van der Waals surface area contributed by atoms with Crippen molar-refractivity contribution < 1.29 is 9.90 Å². The number of urea groups is 1. The van der Waals surface area contributed by atoms with Crippen LogP contribution in [0.4, 0.5) is 10.5 Å². The second-order valence-corrected chi connectivity index (χ2v) is 3.57. The lowest BCUT2D eigenvalue weighted by molar-refractivity contribution is 0.233. The van der Waals surface area contributed by atoms with E-state index in [2.05, 4.69) is 0 Å². The minimum absolute atomic E-state index is 0.0118. The highest BCUT2D eigenvalue weighted by atomic mass is 16.3. The first kappa shape index (κ1) is 11.5. The number of aliphatic hydroxyl groups excluding tert-OH is 1. The largest absolute Gasteiger partial charge is 0.396 e. The van der Waals surface area contributed by atoms with Crippen LogP contribution in [0.5, 0.6) is 0 Å². The van der Waals surface area contributed by atoms with Crippen LogP contribution in [0, 0.1) is 5.92 Å². The van der Waals surface area contributed by atoms with Crippen LogP contribution < -0.4 is 10.6 Å². The van der Waals surface area contributed by atoms with E-state index in [1.165, 1.54) is 4.90 Å². The van der Waals surface area contributed by atoms with Crippen molar-refractivity contribution in [2.24, 2.45) is 11.7 Å². The summed E-state index contributed by atoms with van der Waals surface area (Å²) in [4.78, 5) is 12.7. The van der Waals surface area contributed by atoms with Gasteiger partial charge >= 0.3 is 6.03 Å². The molecule has 0 aliphatic heterocycles. The normalized spacial score (nSPS) is 12.1. The second-order valence-electron chi connectivity index (χ2n) is 3.57. The first-order valence-corrected chi connectivity index (χ1v) is 4.88. The molecule has 0 radical (unpaired) electrons. The van der Waals surface area contributed by atoms with E-state index >= 15 is 0 Å². The second kappa shape index (κ2) is 5.36. The van der Waals surface area contributed by atoms with Gasteiger partial charge in [-0.25, -0.2) is 4.79 Å². The number of aliphatic hydroxyl groups is 1. The number of nitrogens with zero attached hydrogens (tertiary/aromatic N) is 1. The van der Waals surface area contributed by atoms with Gasteiger partial charge in [0.2, 0.25) is 0 Å². The van der Waals surface area contributed by atoms with Crippen LogP contribution in [-0.2, 0) is 0 Å². The summed E-state index contributed by atoms with van der Waals surface area (Å²) in [6.07, 6.45) is 0. The zero-order valence-electron chi connectivity index (χ0n) is 8.76. The van der Waals surface area contributed by atoms with Crippen LogP contribution in [0.2, 0.25) is 0 Å². The Morgan fingerprint density at radius 2 is 2.07 bits per heavy atom. The maximum Gasteiger partial charge on any atom is 0.319 e. The fourth-order valence-corrected chi connectivity index (χ4v) is 1.30. The Morgan fingerprint density at radius 1 is 1.47 bits per heavy atom. The first-order valence-electron chi connectivity index (χ1n) is 4.88. The van der Waals surface area contributed by atoms with Crippen LogP contribution in [0.15, 0.2) is 30.3 Å². The van der Waals surface area contributed by atoms with Gasteiger partial charge in [0.15, 0.2) is 0 Å². The standard InChI is InChI=1S/C11H16N2O2/c1-9(8-14)7-13(11(12)15)10-5-3-2-4-6-10/h2-6,9,14H,7-8H2,1H3,(H2,12,15). The molecule has 0 spiro atoms. The van der Waals surface area contributed by atoms with Gasteiger partial charge in [0.05, 0.1) is 0 Å². The summed E-state index contributed by atoms with van der Waals surface area (Å²) >= 11 is 0.